The maximum Gasteiger partial charge on any atom is 0.136 e. The number of nitrogens with zero attached hydrogens (tertiary/aromatic N) is 1. The molecule has 2 nitrogen and oxygen atoms in total. The van der Waals surface area contributed by atoms with E-state index in [1.54, 1.807) is 0 Å². The van der Waals surface area contributed by atoms with Gasteiger partial charge >= 0.3 is 0 Å². The summed E-state index contributed by atoms with van der Waals surface area (Å²) in [5, 5.41) is 7.11. The lowest BCUT2D eigenvalue weighted by atomic mass is 9.90. The summed E-state index contributed by atoms with van der Waals surface area (Å²) in [4.78, 5) is 2.48. The number of rotatable bonds is 7. The Bertz CT molecular complexity index is 3290. The third-order valence-corrected chi connectivity index (χ3v) is 11.5. The molecule has 10 aromatic carbocycles. The number of benzene rings is 10. The van der Waals surface area contributed by atoms with Gasteiger partial charge in [0.2, 0.25) is 0 Å². The molecule has 1 heterocycles. The van der Waals surface area contributed by atoms with Crippen LogP contribution in [0.2, 0.25) is 0 Å². The molecule has 0 spiro atoms. The van der Waals surface area contributed by atoms with Crippen LogP contribution in [0.15, 0.2) is 229 Å². The molecule has 0 N–H and O–H groups in total. The van der Waals surface area contributed by atoms with Gasteiger partial charge in [-0.15, -0.1) is 0 Å². The number of furan rings is 1. The van der Waals surface area contributed by atoms with Gasteiger partial charge in [0.15, 0.2) is 0 Å². The average molecular weight is 740 g/mol. The summed E-state index contributed by atoms with van der Waals surface area (Å²) in [5.74, 6) is 0. The lowest BCUT2D eigenvalue weighted by Gasteiger charge is -2.32. The zero-order valence-corrected chi connectivity index (χ0v) is 31.7. The Morgan fingerprint density at radius 2 is 0.776 bits per heavy atom. The van der Waals surface area contributed by atoms with Crippen molar-refractivity contribution >= 4 is 60.5 Å². The van der Waals surface area contributed by atoms with Gasteiger partial charge in [0, 0.05) is 27.5 Å². The molecule has 0 amide bonds. The minimum absolute atomic E-state index is 0.876. The molecule has 0 radical (unpaired) electrons. The van der Waals surface area contributed by atoms with Crippen molar-refractivity contribution in [3.63, 3.8) is 0 Å². The van der Waals surface area contributed by atoms with Crippen LogP contribution in [0, 0.1) is 0 Å². The molecule has 0 saturated heterocycles. The molecular weight excluding hydrogens is 703 g/mol. The van der Waals surface area contributed by atoms with Gasteiger partial charge in [-0.1, -0.05) is 188 Å². The van der Waals surface area contributed by atoms with Crippen LogP contribution in [0.3, 0.4) is 0 Å². The third-order valence-electron chi connectivity index (χ3n) is 11.5. The highest BCUT2D eigenvalue weighted by Crippen LogP contribution is 2.50. The summed E-state index contributed by atoms with van der Waals surface area (Å²) in [5.41, 5.74) is 14.3. The smallest absolute Gasteiger partial charge is 0.136 e. The molecule has 1 aromatic heterocycles. The number of hydrogen-bond acceptors (Lipinski definition) is 2. The standard InChI is InChI=1S/C56H37NO/c1-2-17-39(18-3-1)44-28-15-21-40-22-16-30-50(56(40)44)47-26-8-12-33-53(47)57(52-32-11-7-25-46(52)45-29-14-20-38-19-4-5-23-42(38)45)51-31-10-6-24-43(51)41-35-36-49-48-27-9-13-34-54(48)58-55(49)37-41/h1-37H. The second-order valence-electron chi connectivity index (χ2n) is 14.8. The maximum absolute atomic E-state index is 6.45. The van der Waals surface area contributed by atoms with E-state index in [9.17, 15) is 0 Å². The minimum Gasteiger partial charge on any atom is -0.456 e. The van der Waals surface area contributed by atoms with Crippen LogP contribution in [0.25, 0.3) is 88.0 Å². The van der Waals surface area contributed by atoms with E-state index in [-0.39, 0.29) is 0 Å². The first-order chi connectivity index (χ1) is 28.8. The molecule has 0 unspecified atom stereocenters. The van der Waals surface area contributed by atoms with Gasteiger partial charge in [-0.05, 0) is 85.8 Å². The predicted molar refractivity (Wildman–Crippen MR) is 245 cm³/mol. The van der Waals surface area contributed by atoms with E-state index < -0.39 is 0 Å². The van der Waals surface area contributed by atoms with Crippen LogP contribution in [-0.2, 0) is 0 Å². The normalized spacial score (nSPS) is 11.4. The summed E-state index contributed by atoms with van der Waals surface area (Å²) in [6, 6.07) is 80.8. The van der Waals surface area contributed by atoms with Crippen molar-refractivity contribution < 1.29 is 4.42 Å². The first-order valence-corrected chi connectivity index (χ1v) is 19.8. The van der Waals surface area contributed by atoms with Gasteiger partial charge < -0.3 is 9.32 Å². The molecule has 58 heavy (non-hydrogen) atoms. The highest BCUT2D eigenvalue weighted by atomic mass is 16.3. The molecule has 0 saturated carbocycles. The number of fused-ring (bicyclic) bond motifs is 5. The first-order valence-electron chi connectivity index (χ1n) is 19.8. The van der Waals surface area contributed by atoms with E-state index in [0.29, 0.717) is 0 Å². The summed E-state index contributed by atoms with van der Waals surface area (Å²) < 4.78 is 6.45. The van der Waals surface area contributed by atoms with Gasteiger partial charge in [0.05, 0.1) is 17.1 Å². The summed E-state index contributed by atoms with van der Waals surface area (Å²) in [6.07, 6.45) is 0. The van der Waals surface area contributed by atoms with Crippen molar-refractivity contribution in [1.82, 2.24) is 0 Å². The fraction of sp³-hybridized carbons (Fsp3) is 0. The quantitative estimate of drug-likeness (QED) is 0.162. The SMILES string of the molecule is c1ccc(-c2cccc3cccc(-c4ccccc4N(c4ccccc4-c4ccc5c(c4)oc4ccccc45)c4ccccc4-c4cccc5ccccc45)c23)cc1. The van der Waals surface area contributed by atoms with Crippen LogP contribution in [0.5, 0.6) is 0 Å². The second-order valence-corrected chi connectivity index (χ2v) is 14.8. The summed E-state index contributed by atoms with van der Waals surface area (Å²) in [7, 11) is 0. The topological polar surface area (TPSA) is 16.4 Å². The van der Waals surface area contributed by atoms with Gasteiger partial charge in [-0.3, -0.25) is 0 Å². The van der Waals surface area contributed by atoms with E-state index in [1.165, 1.54) is 43.8 Å². The van der Waals surface area contributed by atoms with E-state index in [2.05, 4.69) is 217 Å². The fourth-order valence-corrected chi connectivity index (χ4v) is 8.87. The summed E-state index contributed by atoms with van der Waals surface area (Å²) in [6.45, 7) is 0. The van der Waals surface area contributed by atoms with E-state index in [0.717, 1.165) is 61.3 Å². The lowest BCUT2D eigenvalue weighted by molar-refractivity contribution is 0.669. The predicted octanol–water partition coefficient (Wildman–Crippen LogP) is 16.0. The Morgan fingerprint density at radius 1 is 0.276 bits per heavy atom. The fourth-order valence-electron chi connectivity index (χ4n) is 8.87. The Morgan fingerprint density at radius 3 is 1.53 bits per heavy atom. The maximum atomic E-state index is 6.45. The molecule has 0 aliphatic rings. The molecule has 11 rings (SSSR count). The zero-order valence-electron chi connectivity index (χ0n) is 31.7. The Labute approximate surface area is 337 Å². The zero-order chi connectivity index (χ0) is 38.4. The number of anilines is 3. The molecular formula is C56H37NO. The highest BCUT2D eigenvalue weighted by molar-refractivity contribution is 6.11. The number of hydrogen-bond donors (Lipinski definition) is 0. The van der Waals surface area contributed by atoms with E-state index in [4.69, 9.17) is 4.42 Å². The average Bonchev–Trinajstić information content (AvgIpc) is 3.67. The van der Waals surface area contributed by atoms with Gasteiger partial charge in [0.25, 0.3) is 0 Å². The van der Waals surface area contributed by atoms with Gasteiger partial charge in [0.1, 0.15) is 11.2 Å². The molecule has 0 atom stereocenters. The molecule has 272 valence electrons. The van der Waals surface area contributed by atoms with Gasteiger partial charge in [-0.2, -0.15) is 0 Å². The Hall–Kier alpha value is -7.68. The van der Waals surface area contributed by atoms with Crippen molar-refractivity contribution in [3.8, 4) is 44.5 Å². The van der Waals surface area contributed by atoms with Crippen LogP contribution >= 0.6 is 0 Å². The monoisotopic (exact) mass is 739 g/mol. The van der Waals surface area contributed by atoms with Gasteiger partial charge in [-0.25, -0.2) is 0 Å². The van der Waals surface area contributed by atoms with Crippen LogP contribution < -0.4 is 4.90 Å². The van der Waals surface area contributed by atoms with Crippen molar-refractivity contribution in [2.24, 2.45) is 0 Å². The largest absolute Gasteiger partial charge is 0.456 e. The van der Waals surface area contributed by atoms with Crippen LogP contribution in [-0.4, -0.2) is 0 Å². The Kier molecular flexibility index (Phi) is 8.19. The molecule has 0 bridgehead atoms. The third kappa shape index (κ3) is 5.66. The van der Waals surface area contributed by atoms with Crippen molar-refractivity contribution in [2.75, 3.05) is 4.90 Å². The van der Waals surface area contributed by atoms with Crippen molar-refractivity contribution in [3.05, 3.63) is 224 Å². The van der Waals surface area contributed by atoms with E-state index in [1.807, 2.05) is 12.1 Å². The second kappa shape index (κ2) is 14.1. The lowest BCUT2D eigenvalue weighted by Crippen LogP contribution is -2.13. The molecule has 11 aromatic rings. The van der Waals surface area contributed by atoms with Crippen LogP contribution in [0.1, 0.15) is 0 Å². The van der Waals surface area contributed by atoms with Crippen molar-refractivity contribution in [1.29, 1.82) is 0 Å². The Balaban J connectivity index is 1.20. The van der Waals surface area contributed by atoms with Crippen molar-refractivity contribution in [2.45, 2.75) is 0 Å². The van der Waals surface area contributed by atoms with E-state index >= 15 is 0 Å². The molecule has 0 aliphatic carbocycles. The number of para-hydroxylation sites is 4. The molecule has 0 fully saturated rings. The minimum atomic E-state index is 0.876. The first kappa shape index (κ1) is 33.6. The highest BCUT2D eigenvalue weighted by Gasteiger charge is 2.25. The molecule has 0 aliphatic heterocycles. The van der Waals surface area contributed by atoms with Crippen LogP contribution in [0.4, 0.5) is 17.1 Å². The molecule has 2 heteroatoms. The summed E-state index contributed by atoms with van der Waals surface area (Å²) >= 11 is 0.